The molecule has 2 aromatic carbocycles. The fourth-order valence-corrected chi connectivity index (χ4v) is 13.5. The van der Waals surface area contributed by atoms with Gasteiger partial charge in [0.1, 0.15) is 48.0 Å². The maximum absolute atomic E-state index is 14.6. The van der Waals surface area contributed by atoms with Gasteiger partial charge in [-0.05, 0) is 130 Å². The Bertz CT molecular complexity index is 2920. The van der Waals surface area contributed by atoms with Gasteiger partial charge in [0.05, 0.1) is 11.1 Å². The second-order valence-corrected chi connectivity index (χ2v) is 26.4. The van der Waals surface area contributed by atoms with E-state index in [4.69, 9.17) is 18.9 Å². The Morgan fingerprint density at radius 2 is 0.944 bits per heavy atom. The lowest BCUT2D eigenvalue weighted by Gasteiger charge is -2.53. The summed E-state index contributed by atoms with van der Waals surface area (Å²) in [6, 6.07) is 7.75. The van der Waals surface area contributed by atoms with Gasteiger partial charge in [0.15, 0.2) is 11.6 Å². The number of likely N-dealkylation sites (tertiary alicyclic amines) is 2. The smallest absolute Gasteiger partial charge is 0.331 e. The molecule has 0 aliphatic carbocycles. The van der Waals surface area contributed by atoms with Crippen LogP contribution >= 0.6 is 0 Å². The van der Waals surface area contributed by atoms with Gasteiger partial charge in [-0.2, -0.15) is 0 Å². The van der Waals surface area contributed by atoms with Gasteiger partial charge in [-0.1, -0.05) is 41.5 Å². The molecule has 0 saturated carbocycles. The molecule has 0 bridgehead atoms. The Balaban J connectivity index is 0.861. The van der Waals surface area contributed by atoms with Crippen molar-refractivity contribution in [2.45, 2.75) is 145 Å². The van der Waals surface area contributed by atoms with Crippen LogP contribution in [0.5, 0.6) is 23.3 Å². The highest BCUT2D eigenvalue weighted by Gasteiger charge is 2.52. The Morgan fingerprint density at radius 1 is 0.567 bits per heavy atom. The summed E-state index contributed by atoms with van der Waals surface area (Å²) in [5.74, 6) is -0.943. The number of carbonyl (C=O) groups excluding carboxylic acids is 4. The lowest BCUT2D eigenvalue weighted by molar-refractivity contribution is -0.149. The molecule has 492 valence electrons. The van der Waals surface area contributed by atoms with Crippen LogP contribution in [0, 0.1) is 34.3 Å². The Hall–Kier alpha value is -7.02. The zero-order valence-corrected chi connectivity index (χ0v) is 55.4. The van der Waals surface area contributed by atoms with Gasteiger partial charge in [-0.15, -0.1) is 20.4 Å². The van der Waals surface area contributed by atoms with Crippen LogP contribution in [-0.2, 0) is 19.1 Å². The molecule has 0 radical (unpaired) electrons. The minimum atomic E-state index is -0.609. The topological polar surface area (TPSA) is 208 Å². The van der Waals surface area contributed by atoms with Gasteiger partial charge in [-0.25, -0.2) is 28.3 Å². The summed E-state index contributed by atoms with van der Waals surface area (Å²) in [6.07, 6.45) is 7.20. The molecular formula is C66H96F2N14O8. The molecule has 4 aliphatic heterocycles. The van der Waals surface area contributed by atoms with Crippen molar-refractivity contribution in [3.05, 3.63) is 84.0 Å². The molecule has 24 heteroatoms. The number of likely N-dealkylation sites (N-methyl/N-ethyl adjacent to an activating group) is 2. The number of hydrogen-bond donors (Lipinski definition) is 0. The fraction of sp³-hybridized carbons (Fsp3) is 0.636. The average molecular weight is 1250 g/mol. The number of rotatable bonds is 30. The number of anilines is 2. The molecule has 0 unspecified atom stereocenters. The highest BCUT2D eigenvalue weighted by molar-refractivity contribution is 5.98. The van der Waals surface area contributed by atoms with E-state index >= 15 is 0 Å². The second-order valence-electron chi connectivity index (χ2n) is 26.4. The summed E-state index contributed by atoms with van der Waals surface area (Å²) in [7, 11) is 4.00. The molecule has 4 fully saturated rings. The SMILES string of the molecule is CCN(C)C[C@@H](C[C@H](C(C)C)N1CC2(CCN(c3ncnnc3Oc3ccc(F)cc3C(=O)N(CC)C(C)C)C2)C1)OC(=O)/C=C/C(=O)O[C@H](C[C@H](C(C)C)N1CC2(CCN(c3ncnnc3Oc3ccc(F)cc3C(=O)N(CC)C(C)C)C2)C1)CN(C)CC. The largest absolute Gasteiger partial charge is 0.458 e. The van der Waals surface area contributed by atoms with Crippen molar-refractivity contribution in [2.75, 3.05) is 116 Å². The van der Waals surface area contributed by atoms with Gasteiger partial charge in [0.2, 0.25) is 0 Å². The number of esters is 2. The molecule has 2 spiro atoms. The molecule has 6 heterocycles. The summed E-state index contributed by atoms with van der Waals surface area (Å²) in [6.45, 7) is 33.8. The van der Waals surface area contributed by atoms with Gasteiger partial charge in [-0.3, -0.25) is 19.4 Å². The van der Waals surface area contributed by atoms with Crippen LogP contribution in [0.25, 0.3) is 0 Å². The molecule has 22 nitrogen and oxygen atoms in total. The molecule has 90 heavy (non-hydrogen) atoms. The molecule has 4 aromatic rings. The first kappa shape index (κ1) is 68.9. The number of nitrogens with zero attached hydrogens (tertiary/aromatic N) is 14. The number of hydrogen-bond acceptors (Lipinski definition) is 20. The predicted molar refractivity (Wildman–Crippen MR) is 340 cm³/mol. The van der Waals surface area contributed by atoms with Crippen LogP contribution in [-0.4, -0.2) is 226 Å². The van der Waals surface area contributed by atoms with E-state index in [0.29, 0.717) is 76.8 Å². The van der Waals surface area contributed by atoms with E-state index in [-0.39, 0.29) is 93.0 Å². The Labute approximate surface area is 530 Å². The van der Waals surface area contributed by atoms with E-state index < -0.39 is 35.8 Å². The number of carbonyl (C=O) groups is 4. The number of amides is 2. The van der Waals surface area contributed by atoms with E-state index in [2.05, 4.69) is 101 Å². The summed E-state index contributed by atoms with van der Waals surface area (Å²) in [5, 5.41) is 16.6. The molecule has 0 N–H and O–H groups in total. The van der Waals surface area contributed by atoms with E-state index in [1.54, 1.807) is 9.80 Å². The maximum atomic E-state index is 14.6. The van der Waals surface area contributed by atoms with Crippen LogP contribution < -0.4 is 19.3 Å². The molecular weight excluding hydrogens is 1150 g/mol. The Morgan fingerprint density at radius 3 is 1.28 bits per heavy atom. The van der Waals surface area contributed by atoms with Crippen molar-refractivity contribution in [3.63, 3.8) is 0 Å². The lowest BCUT2D eigenvalue weighted by atomic mass is 9.76. The maximum Gasteiger partial charge on any atom is 0.331 e. The third kappa shape index (κ3) is 16.7. The minimum absolute atomic E-state index is 0.0383. The Kier molecular flexibility index (Phi) is 23.3. The van der Waals surface area contributed by atoms with Crippen molar-refractivity contribution in [3.8, 4) is 23.3 Å². The van der Waals surface area contributed by atoms with Crippen molar-refractivity contribution in [2.24, 2.45) is 22.7 Å². The van der Waals surface area contributed by atoms with Crippen molar-refractivity contribution < 1.29 is 46.9 Å². The van der Waals surface area contributed by atoms with E-state index in [0.717, 1.165) is 52.1 Å². The first-order chi connectivity index (χ1) is 42.9. The van der Waals surface area contributed by atoms with Crippen LogP contribution in [0.3, 0.4) is 0 Å². The third-order valence-corrected chi connectivity index (χ3v) is 18.5. The number of halogens is 2. The van der Waals surface area contributed by atoms with Gasteiger partial charge < -0.3 is 48.3 Å². The van der Waals surface area contributed by atoms with Crippen LogP contribution in [0.15, 0.2) is 61.2 Å². The van der Waals surface area contributed by atoms with Crippen molar-refractivity contribution >= 4 is 35.4 Å². The molecule has 8 rings (SSSR count). The molecule has 4 atom stereocenters. The first-order valence-corrected chi connectivity index (χ1v) is 32.2. The molecule has 4 aliphatic rings. The monoisotopic (exact) mass is 1250 g/mol. The standard InChI is InChI=1S/C66H96F2N14O8/c1-15-75(13)33-49(31-53(43(5)6)79-37-65(38-79)25-27-77(35-65)59-61(73-71-41-69-59)89-55-21-19-47(67)29-51(55)63(85)81(17-3)45(9)10)87-57(83)23-24-58(84)88-50(34-76(14)16-2)32-54(44(7)8)80-39-66(40-80)26-28-78(36-66)60-62(74-72-42-70-60)90-56-22-20-48(68)30-52(56)64(86)82(18-4)46(11)12/h19-24,29-30,41-46,49-50,53-54H,15-18,25-28,31-40H2,1-14H3/b24-23+/t49-,50-,53-,54-/m1/s1. The number of ether oxygens (including phenoxy) is 4. The summed E-state index contributed by atoms with van der Waals surface area (Å²) in [5.41, 5.74) is 0.109. The normalized spacial score (nSPS) is 17.8. The minimum Gasteiger partial charge on any atom is -0.458 e. The summed E-state index contributed by atoms with van der Waals surface area (Å²) < 4.78 is 54.2. The van der Waals surface area contributed by atoms with Crippen LogP contribution in [0.4, 0.5) is 20.4 Å². The van der Waals surface area contributed by atoms with Crippen LogP contribution in [0.1, 0.15) is 129 Å². The van der Waals surface area contributed by atoms with Crippen LogP contribution in [0.2, 0.25) is 0 Å². The highest BCUT2D eigenvalue weighted by atomic mass is 19.1. The molecule has 2 aromatic heterocycles. The average Bonchev–Trinajstić information content (AvgIpc) is 1.53. The van der Waals surface area contributed by atoms with E-state index in [9.17, 15) is 28.0 Å². The van der Waals surface area contributed by atoms with Crippen molar-refractivity contribution in [1.29, 1.82) is 0 Å². The van der Waals surface area contributed by atoms with E-state index in [1.807, 2.05) is 55.6 Å². The number of benzene rings is 2. The van der Waals surface area contributed by atoms with E-state index in [1.165, 1.54) is 61.2 Å². The fourth-order valence-electron chi connectivity index (χ4n) is 13.5. The lowest BCUT2D eigenvalue weighted by Crippen LogP contribution is -2.62. The van der Waals surface area contributed by atoms with Crippen molar-refractivity contribution in [1.82, 2.24) is 59.8 Å². The second kappa shape index (κ2) is 30.4. The zero-order valence-electron chi connectivity index (χ0n) is 55.4. The molecule has 2 amide bonds. The third-order valence-electron chi connectivity index (χ3n) is 18.5. The highest BCUT2D eigenvalue weighted by Crippen LogP contribution is 2.47. The van der Waals surface area contributed by atoms with Gasteiger partial charge >= 0.3 is 11.9 Å². The summed E-state index contributed by atoms with van der Waals surface area (Å²) >= 11 is 0. The molecule has 4 saturated heterocycles. The quantitative estimate of drug-likeness (QED) is 0.0354. The first-order valence-electron chi connectivity index (χ1n) is 32.2. The summed E-state index contributed by atoms with van der Waals surface area (Å²) in [4.78, 5) is 80.8. The zero-order chi connectivity index (χ0) is 65.2. The van der Waals surface area contributed by atoms with Gasteiger partial charge in [0, 0.05) is 139 Å². The predicted octanol–water partition coefficient (Wildman–Crippen LogP) is 8.50. The van der Waals surface area contributed by atoms with Gasteiger partial charge in [0.25, 0.3) is 23.6 Å². The number of aromatic nitrogens is 6.